The van der Waals surface area contributed by atoms with Gasteiger partial charge < -0.3 is 4.74 Å². The molecular weight excluding hydrogens is 228 g/mol. The second-order valence-corrected chi connectivity index (χ2v) is 3.69. The topological polar surface area (TPSA) is 9.23 Å². The Hall–Kier alpha value is -1.02. The maximum Gasteiger partial charge on any atom is 0.126 e. The van der Waals surface area contributed by atoms with Crippen LogP contribution in [0, 0.1) is 0 Å². The van der Waals surface area contributed by atoms with E-state index < -0.39 is 0 Å². The Balaban J connectivity index is 2.30. The van der Waals surface area contributed by atoms with Gasteiger partial charge in [0.15, 0.2) is 0 Å². The predicted molar refractivity (Wildman–Crippen MR) is 57.2 cm³/mol. The third-order valence-corrected chi connectivity index (χ3v) is 2.38. The Morgan fingerprint density at radius 1 is 1.15 bits per heavy atom. The van der Waals surface area contributed by atoms with Gasteiger partial charge in [-0.2, -0.15) is 0 Å². The highest BCUT2D eigenvalue weighted by Crippen LogP contribution is 2.20. The molecule has 1 aliphatic heterocycles. The quantitative estimate of drug-likeness (QED) is 0.727. The first-order valence-electron chi connectivity index (χ1n) is 4.12. The van der Waals surface area contributed by atoms with Gasteiger partial charge in [0.2, 0.25) is 0 Å². The van der Waals surface area contributed by atoms with Crippen LogP contribution in [0.15, 0.2) is 47.0 Å². The summed E-state index contributed by atoms with van der Waals surface area (Å²) in [5, 5.41) is 0. The first kappa shape index (κ1) is 8.57. The fourth-order valence-corrected chi connectivity index (χ4v) is 1.46. The number of halogens is 1. The predicted octanol–water partition coefficient (Wildman–Crippen LogP) is 3.38. The minimum absolute atomic E-state index is 0.669. The highest BCUT2D eigenvalue weighted by Gasteiger charge is 2.02. The Kier molecular flexibility index (Phi) is 2.50. The molecule has 0 atom stereocenters. The van der Waals surface area contributed by atoms with Crippen molar-refractivity contribution in [3.05, 3.63) is 52.5 Å². The molecule has 0 aliphatic carbocycles. The average molecular weight is 237 g/mol. The van der Waals surface area contributed by atoms with E-state index in [0.717, 1.165) is 15.8 Å². The zero-order valence-corrected chi connectivity index (χ0v) is 8.62. The summed E-state index contributed by atoms with van der Waals surface area (Å²) in [5.74, 6) is 0.940. The molecule has 0 amide bonds. The second kappa shape index (κ2) is 3.79. The van der Waals surface area contributed by atoms with Gasteiger partial charge in [0, 0.05) is 10.0 Å². The molecule has 13 heavy (non-hydrogen) atoms. The van der Waals surface area contributed by atoms with Crippen LogP contribution >= 0.6 is 15.9 Å². The monoisotopic (exact) mass is 236 g/mol. The van der Waals surface area contributed by atoms with Gasteiger partial charge in [-0.3, -0.25) is 0 Å². The Bertz CT molecular complexity index is 349. The van der Waals surface area contributed by atoms with E-state index >= 15 is 0 Å². The van der Waals surface area contributed by atoms with Gasteiger partial charge in [-0.05, 0) is 24.3 Å². The van der Waals surface area contributed by atoms with E-state index in [1.165, 1.54) is 0 Å². The minimum Gasteiger partial charge on any atom is -0.489 e. The molecule has 1 aromatic carbocycles. The number of allylic oxidation sites excluding steroid dienone is 2. The van der Waals surface area contributed by atoms with Gasteiger partial charge in [0.1, 0.15) is 12.4 Å². The van der Waals surface area contributed by atoms with Crippen LogP contribution in [0.5, 0.6) is 0 Å². The molecule has 0 N–H and O–H groups in total. The van der Waals surface area contributed by atoms with Gasteiger partial charge >= 0.3 is 0 Å². The lowest BCUT2D eigenvalue weighted by Gasteiger charge is -2.11. The fourth-order valence-electron chi connectivity index (χ4n) is 1.19. The molecule has 0 spiro atoms. The van der Waals surface area contributed by atoms with Crippen LogP contribution in [-0.4, -0.2) is 6.61 Å². The number of hydrogen-bond acceptors (Lipinski definition) is 1. The van der Waals surface area contributed by atoms with Gasteiger partial charge in [-0.25, -0.2) is 0 Å². The van der Waals surface area contributed by atoms with Gasteiger partial charge in [-0.1, -0.05) is 34.1 Å². The van der Waals surface area contributed by atoms with Crippen LogP contribution in [0.1, 0.15) is 5.56 Å². The SMILES string of the molecule is Brc1ccc(C2=CC=CCO2)cc1. The molecule has 0 saturated carbocycles. The first-order chi connectivity index (χ1) is 6.36. The number of benzene rings is 1. The molecule has 0 radical (unpaired) electrons. The van der Waals surface area contributed by atoms with Crippen LogP contribution in [-0.2, 0) is 4.74 Å². The Morgan fingerprint density at radius 3 is 2.54 bits per heavy atom. The molecule has 2 heteroatoms. The summed E-state index contributed by atoms with van der Waals surface area (Å²) in [6.45, 7) is 0.669. The van der Waals surface area contributed by atoms with Gasteiger partial charge in [-0.15, -0.1) is 0 Å². The third kappa shape index (κ3) is 2.01. The molecule has 66 valence electrons. The Morgan fingerprint density at radius 2 is 1.92 bits per heavy atom. The summed E-state index contributed by atoms with van der Waals surface area (Å²) in [6, 6.07) is 8.10. The van der Waals surface area contributed by atoms with Crippen LogP contribution in [0.4, 0.5) is 0 Å². The Labute approximate surface area is 85.9 Å². The molecular formula is C11H9BrO. The lowest BCUT2D eigenvalue weighted by molar-refractivity contribution is 0.316. The number of hydrogen-bond donors (Lipinski definition) is 0. The van der Waals surface area contributed by atoms with Crippen LogP contribution in [0.2, 0.25) is 0 Å². The van der Waals surface area contributed by atoms with Crippen LogP contribution < -0.4 is 0 Å². The first-order valence-corrected chi connectivity index (χ1v) is 4.91. The molecule has 0 aromatic heterocycles. The van der Waals surface area contributed by atoms with Gasteiger partial charge in [0.25, 0.3) is 0 Å². The lowest BCUT2D eigenvalue weighted by Crippen LogP contribution is -1.95. The van der Waals surface area contributed by atoms with Crippen molar-refractivity contribution in [2.75, 3.05) is 6.61 Å². The minimum atomic E-state index is 0.669. The summed E-state index contributed by atoms with van der Waals surface area (Å²) in [4.78, 5) is 0. The molecule has 1 heterocycles. The molecule has 0 bridgehead atoms. The van der Waals surface area contributed by atoms with E-state index in [1.807, 2.05) is 42.5 Å². The van der Waals surface area contributed by atoms with E-state index in [0.29, 0.717) is 6.61 Å². The molecule has 0 fully saturated rings. The summed E-state index contributed by atoms with van der Waals surface area (Å²) < 4.78 is 6.55. The summed E-state index contributed by atoms with van der Waals surface area (Å²) >= 11 is 3.40. The highest BCUT2D eigenvalue weighted by molar-refractivity contribution is 9.10. The molecule has 1 aromatic rings. The standard InChI is InChI=1S/C11H9BrO/c12-10-6-4-9(5-7-10)11-3-1-2-8-13-11/h1-7H,8H2. The zero-order chi connectivity index (χ0) is 9.10. The lowest BCUT2D eigenvalue weighted by atomic mass is 10.1. The van der Waals surface area contributed by atoms with E-state index in [-0.39, 0.29) is 0 Å². The van der Waals surface area contributed by atoms with Gasteiger partial charge in [0.05, 0.1) is 0 Å². The third-order valence-electron chi connectivity index (χ3n) is 1.85. The van der Waals surface area contributed by atoms with Crippen molar-refractivity contribution in [3.8, 4) is 0 Å². The summed E-state index contributed by atoms with van der Waals surface area (Å²) in [5.41, 5.74) is 1.12. The van der Waals surface area contributed by atoms with E-state index in [2.05, 4.69) is 15.9 Å². The van der Waals surface area contributed by atoms with E-state index in [9.17, 15) is 0 Å². The maximum absolute atomic E-state index is 5.46. The van der Waals surface area contributed by atoms with Crippen molar-refractivity contribution in [1.82, 2.24) is 0 Å². The molecule has 1 aliphatic rings. The van der Waals surface area contributed by atoms with Crippen molar-refractivity contribution in [2.45, 2.75) is 0 Å². The van der Waals surface area contributed by atoms with Crippen LogP contribution in [0.25, 0.3) is 5.76 Å². The van der Waals surface area contributed by atoms with Crippen molar-refractivity contribution >= 4 is 21.7 Å². The van der Waals surface area contributed by atoms with Crippen molar-refractivity contribution in [2.24, 2.45) is 0 Å². The van der Waals surface area contributed by atoms with Crippen molar-refractivity contribution in [3.63, 3.8) is 0 Å². The average Bonchev–Trinajstić information content (AvgIpc) is 2.20. The summed E-state index contributed by atoms with van der Waals surface area (Å²) in [7, 11) is 0. The van der Waals surface area contributed by atoms with E-state index in [4.69, 9.17) is 4.74 Å². The number of ether oxygens (including phenoxy) is 1. The smallest absolute Gasteiger partial charge is 0.126 e. The van der Waals surface area contributed by atoms with Crippen molar-refractivity contribution < 1.29 is 4.74 Å². The molecule has 0 unspecified atom stereocenters. The second-order valence-electron chi connectivity index (χ2n) is 2.78. The zero-order valence-electron chi connectivity index (χ0n) is 7.03. The normalized spacial score (nSPS) is 15.0. The highest BCUT2D eigenvalue weighted by atomic mass is 79.9. The van der Waals surface area contributed by atoms with E-state index in [1.54, 1.807) is 0 Å². The maximum atomic E-state index is 5.46. The van der Waals surface area contributed by atoms with Crippen LogP contribution in [0.3, 0.4) is 0 Å². The molecule has 1 nitrogen and oxygen atoms in total. The molecule has 0 saturated heterocycles. The largest absolute Gasteiger partial charge is 0.489 e. The van der Waals surface area contributed by atoms with Crippen molar-refractivity contribution in [1.29, 1.82) is 0 Å². The number of rotatable bonds is 1. The summed E-state index contributed by atoms with van der Waals surface area (Å²) in [6.07, 6.45) is 5.98. The fraction of sp³-hybridized carbons (Fsp3) is 0.0909. The molecule has 2 rings (SSSR count).